The second-order valence-electron chi connectivity index (χ2n) is 2.17. The Hall–Kier alpha value is -0.270. The summed E-state index contributed by atoms with van der Waals surface area (Å²) in [4.78, 5) is 0. The van der Waals surface area contributed by atoms with Crippen LogP contribution in [-0.4, -0.2) is 20.1 Å². The average molecular weight is 226 g/mol. The van der Waals surface area contributed by atoms with Crippen molar-refractivity contribution < 1.29 is 51.4 Å². The van der Waals surface area contributed by atoms with Crippen LogP contribution in [0.3, 0.4) is 0 Å². The summed E-state index contributed by atoms with van der Waals surface area (Å²) in [7, 11) is -3.29. The number of benzene rings is 1. The number of ether oxygens (including phenoxy) is 1. The van der Waals surface area contributed by atoms with Crippen LogP contribution in [0.1, 0.15) is 0 Å². The van der Waals surface area contributed by atoms with Crippen LogP contribution in [0.2, 0.25) is 0 Å². The fourth-order valence-electron chi connectivity index (χ4n) is 0.771. The van der Waals surface area contributed by atoms with Crippen molar-refractivity contribution in [2.45, 2.75) is 0 Å². The standard InChI is InChI=1S/C7H8O5S.Na/c1-11-6-3-2-4-7(5-6)12-13(8,9)10;/h2-5H,1H3,(H,8,9,10);/q;+1/p-1. The zero-order valence-corrected chi connectivity index (χ0v) is 10.6. The molecular formula is C7H7NaO5S. The molecule has 0 atom stereocenters. The van der Waals surface area contributed by atoms with Gasteiger partial charge in [0.25, 0.3) is 10.4 Å². The van der Waals surface area contributed by atoms with E-state index in [9.17, 15) is 13.0 Å². The smallest absolute Gasteiger partial charge is 0.716 e. The zero-order valence-electron chi connectivity index (χ0n) is 7.76. The Morgan fingerprint density at radius 3 is 2.36 bits per heavy atom. The third-order valence-corrected chi connectivity index (χ3v) is 1.64. The summed E-state index contributed by atoms with van der Waals surface area (Å²) in [5.74, 6) is 0.357. The molecule has 0 radical (unpaired) electrons. The van der Waals surface area contributed by atoms with E-state index in [2.05, 4.69) is 4.18 Å². The Balaban J connectivity index is 0.00000169. The maximum atomic E-state index is 10.2. The van der Waals surface area contributed by atoms with Crippen molar-refractivity contribution in [1.82, 2.24) is 0 Å². The SMILES string of the molecule is COc1cccc(OS(=O)(=O)[O-])c1.[Na+]. The van der Waals surface area contributed by atoms with Gasteiger partial charge >= 0.3 is 29.6 Å². The normalized spacial score (nSPS) is 10.1. The summed E-state index contributed by atoms with van der Waals surface area (Å²) >= 11 is 0. The molecular weight excluding hydrogens is 219 g/mol. The van der Waals surface area contributed by atoms with Gasteiger partial charge in [0, 0.05) is 6.07 Å². The Morgan fingerprint density at radius 2 is 1.86 bits per heavy atom. The second kappa shape index (κ2) is 5.57. The van der Waals surface area contributed by atoms with E-state index in [1.54, 1.807) is 6.07 Å². The molecule has 1 rings (SSSR count). The monoisotopic (exact) mass is 226 g/mol. The van der Waals surface area contributed by atoms with Crippen molar-refractivity contribution in [2.24, 2.45) is 0 Å². The molecule has 0 aliphatic rings. The Labute approximate surface area is 104 Å². The fourth-order valence-corrected chi connectivity index (χ4v) is 1.11. The molecule has 0 fully saturated rings. The van der Waals surface area contributed by atoms with Crippen molar-refractivity contribution in [1.29, 1.82) is 0 Å². The third-order valence-electron chi connectivity index (χ3n) is 1.24. The third kappa shape index (κ3) is 4.83. The maximum absolute atomic E-state index is 10.2. The molecule has 1 aromatic rings. The maximum Gasteiger partial charge on any atom is 1.00 e. The van der Waals surface area contributed by atoms with E-state index in [1.807, 2.05) is 0 Å². The molecule has 0 aliphatic carbocycles. The topological polar surface area (TPSA) is 75.7 Å². The Kier molecular flexibility index (Phi) is 5.46. The molecule has 0 saturated heterocycles. The van der Waals surface area contributed by atoms with Crippen LogP contribution in [0.15, 0.2) is 24.3 Å². The predicted molar refractivity (Wildman–Crippen MR) is 43.3 cm³/mol. The van der Waals surface area contributed by atoms with Gasteiger partial charge in [0.15, 0.2) is 0 Å². The molecule has 14 heavy (non-hydrogen) atoms. The van der Waals surface area contributed by atoms with Crippen molar-refractivity contribution in [3.63, 3.8) is 0 Å². The van der Waals surface area contributed by atoms with Crippen molar-refractivity contribution in [3.05, 3.63) is 24.3 Å². The zero-order chi connectivity index (χ0) is 9.90. The quantitative estimate of drug-likeness (QED) is 0.324. The van der Waals surface area contributed by atoms with Crippen LogP contribution < -0.4 is 38.5 Å². The summed E-state index contributed by atoms with van der Waals surface area (Å²) in [5, 5.41) is 0. The van der Waals surface area contributed by atoms with E-state index >= 15 is 0 Å². The van der Waals surface area contributed by atoms with Gasteiger partial charge in [-0.25, -0.2) is 8.42 Å². The number of hydrogen-bond donors (Lipinski definition) is 0. The molecule has 0 saturated carbocycles. The van der Waals surface area contributed by atoms with Gasteiger partial charge in [-0.3, -0.25) is 0 Å². The minimum atomic E-state index is -4.71. The van der Waals surface area contributed by atoms with E-state index in [4.69, 9.17) is 4.74 Å². The van der Waals surface area contributed by atoms with E-state index in [0.717, 1.165) is 0 Å². The average Bonchev–Trinajstić information content (AvgIpc) is 2.01. The first-order chi connectivity index (χ1) is 6.01. The second-order valence-corrected chi connectivity index (χ2v) is 3.15. The molecule has 0 heterocycles. The van der Waals surface area contributed by atoms with Gasteiger partial charge in [-0.05, 0) is 12.1 Å². The van der Waals surface area contributed by atoms with E-state index in [1.165, 1.54) is 25.3 Å². The van der Waals surface area contributed by atoms with Gasteiger partial charge in [0.2, 0.25) is 0 Å². The van der Waals surface area contributed by atoms with Crippen molar-refractivity contribution in [2.75, 3.05) is 7.11 Å². The molecule has 0 spiro atoms. The van der Waals surface area contributed by atoms with Crippen LogP contribution in [0.25, 0.3) is 0 Å². The molecule has 0 N–H and O–H groups in total. The first-order valence-electron chi connectivity index (χ1n) is 3.30. The van der Waals surface area contributed by atoms with Crippen LogP contribution in [0, 0.1) is 0 Å². The molecule has 0 bridgehead atoms. The molecule has 0 unspecified atom stereocenters. The van der Waals surface area contributed by atoms with Gasteiger partial charge in [-0.2, -0.15) is 0 Å². The van der Waals surface area contributed by atoms with E-state index in [0.29, 0.717) is 5.75 Å². The molecule has 7 heteroatoms. The molecule has 0 aliphatic heterocycles. The van der Waals surface area contributed by atoms with E-state index in [-0.39, 0.29) is 35.3 Å². The first kappa shape index (κ1) is 13.7. The Morgan fingerprint density at radius 1 is 1.29 bits per heavy atom. The van der Waals surface area contributed by atoms with Crippen LogP contribution in [0.5, 0.6) is 11.5 Å². The van der Waals surface area contributed by atoms with Gasteiger partial charge in [0.1, 0.15) is 11.5 Å². The molecule has 0 amide bonds. The Bertz CT molecular complexity index is 389. The number of hydrogen-bond acceptors (Lipinski definition) is 5. The van der Waals surface area contributed by atoms with Crippen molar-refractivity contribution in [3.8, 4) is 11.5 Å². The number of methoxy groups -OCH3 is 1. The summed E-state index contributed by atoms with van der Waals surface area (Å²) < 4.78 is 39.4. The number of rotatable bonds is 3. The summed E-state index contributed by atoms with van der Waals surface area (Å²) in [6.45, 7) is 0. The van der Waals surface area contributed by atoms with Crippen LogP contribution in [0.4, 0.5) is 0 Å². The van der Waals surface area contributed by atoms with Gasteiger partial charge < -0.3 is 13.5 Å². The fraction of sp³-hybridized carbons (Fsp3) is 0.143. The molecule has 72 valence electrons. The summed E-state index contributed by atoms with van der Waals surface area (Å²) in [6.07, 6.45) is 0. The largest absolute Gasteiger partial charge is 1.00 e. The molecule has 5 nitrogen and oxygen atoms in total. The first-order valence-corrected chi connectivity index (χ1v) is 4.64. The molecule has 0 aromatic heterocycles. The van der Waals surface area contributed by atoms with Crippen LogP contribution >= 0.6 is 0 Å². The molecule has 1 aromatic carbocycles. The van der Waals surface area contributed by atoms with Gasteiger partial charge in [0.05, 0.1) is 7.11 Å². The van der Waals surface area contributed by atoms with Crippen LogP contribution in [-0.2, 0) is 10.4 Å². The summed E-state index contributed by atoms with van der Waals surface area (Å²) in [6, 6.07) is 5.76. The van der Waals surface area contributed by atoms with Crippen molar-refractivity contribution >= 4 is 10.4 Å². The minimum absolute atomic E-state index is 0. The summed E-state index contributed by atoms with van der Waals surface area (Å²) in [5.41, 5.74) is 0. The van der Waals surface area contributed by atoms with Gasteiger partial charge in [-0.15, -0.1) is 0 Å². The predicted octanol–water partition coefficient (Wildman–Crippen LogP) is -2.46. The van der Waals surface area contributed by atoms with Gasteiger partial charge in [-0.1, -0.05) is 6.07 Å². The van der Waals surface area contributed by atoms with E-state index < -0.39 is 10.4 Å². The minimum Gasteiger partial charge on any atom is -0.716 e.